The maximum absolute atomic E-state index is 10.8. The Morgan fingerprint density at radius 3 is 2.67 bits per heavy atom. The van der Waals surface area contributed by atoms with Gasteiger partial charge >= 0.3 is 5.97 Å². The molecule has 1 atom stereocenters. The molecule has 0 aliphatic carbocycles. The largest absolute Gasteiger partial charge is 0.468 e. The second kappa shape index (κ2) is 6.43. The minimum atomic E-state index is -0.181. The fourth-order valence-corrected chi connectivity index (χ4v) is 0.967. The molecule has 0 aromatic carbocycles. The summed E-state index contributed by atoms with van der Waals surface area (Å²) in [6.07, 6.45) is 1.04. The molecule has 0 radical (unpaired) electrons. The van der Waals surface area contributed by atoms with Gasteiger partial charge in [-0.05, 0) is 20.0 Å². The van der Waals surface area contributed by atoms with Crippen LogP contribution in [-0.4, -0.2) is 42.9 Å². The van der Waals surface area contributed by atoms with E-state index in [0.29, 0.717) is 11.4 Å². The molecule has 0 saturated heterocycles. The van der Waals surface area contributed by atoms with E-state index in [1.165, 1.54) is 7.11 Å². The van der Waals surface area contributed by atoms with Crippen LogP contribution >= 0.6 is 15.9 Å². The highest BCUT2D eigenvalue weighted by atomic mass is 79.9. The van der Waals surface area contributed by atoms with Crippen LogP contribution in [0.2, 0.25) is 0 Å². The number of esters is 1. The van der Waals surface area contributed by atoms with Gasteiger partial charge in [-0.2, -0.15) is 0 Å². The van der Waals surface area contributed by atoms with Crippen LogP contribution in [0.5, 0.6) is 0 Å². The van der Waals surface area contributed by atoms with E-state index in [1.54, 1.807) is 0 Å². The molecule has 0 rings (SSSR count). The predicted molar refractivity (Wildman–Crippen MR) is 52.5 cm³/mol. The summed E-state index contributed by atoms with van der Waals surface area (Å²) in [6, 6.07) is 0. The maximum atomic E-state index is 10.8. The number of ether oxygens (including phenoxy) is 1. The summed E-state index contributed by atoms with van der Waals surface area (Å²) in [5.74, 6) is -0.181. The van der Waals surface area contributed by atoms with E-state index >= 15 is 0 Å². The van der Waals surface area contributed by atoms with Crippen LogP contribution in [0.15, 0.2) is 0 Å². The minimum Gasteiger partial charge on any atom is -0.468 e. The second-order valence-corrected chi connectivity index (χ2v) is 4.45. The number of hydrogen-bond donors (Lipinski definition) is 0. The quantitative estimate of drug-likeness (QED) is 0.533. The standard InChI is InChI=1S/C8H16BrNO2/c1-7(9)4-5-10(2)6-8(11)12-3/h7H,4-6H2,1-3H3. The van der Waals surface area contributed by atoms with Crippen LogP contribution in [0.3, 0.4) is 0 Å². The van der Waals surface area contributed by atoms with E-state index in [0.717, 1.165) is 13.0 Å². The number of hydrogen-bond acceptors (Lipinski definition) is 3. The molecule has 1 unspecified atom stereocenters. The highest BCUT2D eigenvalue weighted by Gasteiger charge is 2.06. The third kappa shape index (κ3) is 6.61. The molecule has 4 heteroatoms. The molecule has 0 fully saturated rings. The Bertz CT molecular complexity index is 139. The van der Waals surface area contributed by atoms with Gasteiger partial charge in [-0.25, -0.2) is 0 Å². The molecule has 0 aliphatic rings. The van der Waals surface area contributed by atoms with Crippen LogP contribution in [-0.2, 0) is 9.53 Å². The van der Waals surface area contributed by atoms with Crippen molar-refractivity contribution < 1.29 is 9.53 Å². The van der Waals surface area contributed by atoms with Gasteiger partial charge in [0.25, 0.3) is 0 Å². The number of likely N-dealkylation sites (N-methyl/N-ethyl adjacent to an activating group) is 1. The number of carbonyl (C=O) groups is 1. The van der Waals surface area contributed by atoms with E-state index in [1.807, 2.05) is 11.9 Å². The SMILES string of the molecule is COC(=O)CN(C)CCC(C)Br. The lowest BCUT2D eigenvalue weighted by atomic mass is 10.3. The summed E-state index contributed by atoms with van der Waals surface area (Å²) in [7, 11) is 3.32. The first kappa shape index (κ1) is 11.9. The van der Waals surface area contributed by atoms with Gasteiger partial charge < -0.3 is 4.74 Å². The monoisotopic (exact) mass is 237 g/mol. The fraction of sp³-hybridized carbons (Fsp3) is 0.875. The average Bonchev–Trinajstić information content (AvgIpc) is 2.00. The van der Waals surface area contributed by atoms with Crippen molar-refractivity contribution in [1.29, 1.82) is 0 Å². The molecule has 0 spiro atoms. The lowest BCUT2D eigenvalue weighted by Crippen LogP contribution is -2.28. The first-order valence-corrected chi connectivity index (χ1v) is 4.87. The van der Waals surface area contributed by atoms with E-state index in [2.05, 4.69) is 27.6 Å². The molecular formula is C8H16BrNO2. The summed E-state index contributed by atoms with van der Waals surface area (Å²) < 4.78 is 4.54. The van der Waals surface area contributed by atoms with Crippen molar-refractivity contribution >= 4 is 21.9 Å². The smallest absolute Gasteiger partial charge is 0.319 e. The van der Waals surface area contributed by atoms with Crippen LogP contribution < -0.4 is 0 Å². The van der Waals surface area contributed by atoms with Gasteiger partial charge in [-0.1, -0.05) is 22.9 Å². The molecule has 0 bridgehead atoms. The molecule has 0 saturated carbocycles. The zero-order valence-corrected chi connectivity index (χ0v) is 9.43. The molecule has 0 aromatic rings. The van der Waals surface area contributed by atoms with Crippen molar-refractivity contribution in [2.24, 2.45) is 0 Å². The Morgan fingerprint density at radius 1 is 1.67 bits per heavy atom. The van der Waals surface area contributed by atoms with E-state index < -0.39 is 0 Å². The van der Waals surface area contributed by atoms with Crippen molar-refractivity contribution in [3.8, 4) is 0 Å². The van der Waals surface area contributed by atoms with E-state index in [9.17, 15) is 4.79 Å². The van der Waals surface area contributed by atoms with Crippen LogP contribution in [0.25, 0.3) is 0 Å². The number of carbonyl (C=O) groups excluding carboxylic acids is 1. The van der Waals surface area contributed by atoms with Crippen molar-refractivity contribution in [1.82, 2.24) is 4.90 Å². The number of halogens is 1. The first-order chi connectivity index (χ1) is 5.56. The Hall–Kier alpha value is -0.0900. The predicted octanol–water partition coefficient (Wildman–Crippen LogP) is 1.26. The lowest BCUT2D eigenvalue weighted by Gasteiger charge is -2.15. The minimum absolute atomic E-state index is 0.181. The molecular weight excluding hydrogens is 222 g/mol. The maximum Gasteiger partial charge on any atom is 0.319 e. The Labute approximate surface area is 82.2 Å². The van der Waals surface area contributed by atoms with Gasteiger partial charge in [0.2, 0.25) is 0 Å². The molecule has 0 N–H and O–H groups in total. The summed E-state index contributed by atoms with van der Waals surface area (Å²) >= 11 is 3.44. The molecule has 72 valence electrons. The normalized spacial score (nSPS) is 13.1. The Balaban J connectivity index is 3.45. The van der Waals surface area contributed by atoms with Gasteiger partial charge in [-0.15, -0.1) is 0 Å². The lowest BCUT2D eigenvalue weighted by molar-refractivity contribution is -0.141. The second-order valence-electron chi connectivity index (χ2n) is 2.88. The summed E-state index contributed by atoms with van der Waals surface area (Å²) in [5.41, 5.74) is 0. The molecule has 3 nitrogen and oxygen atoms in total. The number of alkyl halides is 1. The number of methoxy groups -OCH3 is 1. The van der Waals surface area contributed by atoms with Crippen LogP contribution in [0, 0.1) is 0 Å². The molecule has 0 amide bonds. The molecule has 0 aliphatic heterocycles. The molecule has 0 heterocycles. The van der Waals surface area contributed by atoms with Crippen molar-refractivity contribution in [3.05, 3.63) is 0 Å². The van der Waals surface area contributed by atoms with E-state index in [-0.39, 0.29) is 5.97 Å². The zero-order chi connectivity index (χ0) is 9.56. The van der Waals surface area contributed by atoms with Gasteiger partial charge in [-0.3, -0.25) is 9.69 Å². The van der Waals surface area contributed by atoms with Gasteiger partial charge in [0.1, 0.15) is 0 Å². The summed E-state index contributed by atoms with van der Waals surface area (Å²) in [6.45, 7) is 3.36. The highest BCUT2D eigenvalue weighted by Crippen LogP contribution is 2.03. The molecule has 12 heavy (non-hydrogen) atoms. The Kier molecular flexibility index (Phi) is 6.38. The van der Waals surface area contributed by atoms with Gasteiger partial charge in [0.15, 0.2) is 0 Å². The first-order valence-electron chi connectivity index (χ1n) is 3.95. The average molecular weight is 238 g/mol. The van der Waals surface area contributed by atoms with Gasteiger partial charge in [0, 0.05) is 4.83 Å². The zero-order valence-electron chi connectivity index (χ0n) is 7.84. The van der Waals surface area contributed by atoms with Crippen LogP contribution in [0.1, 0.15) is 13.3 Å². The third-order valence-electron chi connectivity index (χ3n) is 1.54. The Morgan fingerprint density at radius 2 is 2.25 bits per heavy atom. The van der Waals surface area contributed by atoms with E-state index in [4.69, 9.17) is 0 Å². The van der Waals surface area contributed by atoms with Crippen molar-refractivity contribution in [2.45, 2.75) is 18.2 Å². The summed E-state index contributed by atoms with van der Waals surface area (Å²) in [5, 5.41) is 0. The molecule has 0 aromatic heterocycles. The van der Waals surface area contributed by atoms with Crippen molar-refractivity contribution in [2.75, 3.05) is 27.2 Å². The highest BCUT2D eigenvalue weighted by molar-refractivity contribution is 9.09. The topological polar surface area (TPSA) is 29.5 Å². The fourth-order valence-electron chi connectivity index (χ4n) is 0.762. The number of rotatable bonds is 5. The van der Waals surface area contributed by atoms with Crippen molar-refractivity contribution in [3.63, 3.8) is 0 Å². The summed E-state index contributed by atoms with van der Waals surface area (Å²) in [4.78, 5) is 13.2. The van der Waals surface area contributed by atoms with Crippen LogP contribution in [0.4, 0.5) is 0 Å². The number of nitrogens with zero attached hydrogens (tertiary/aromatic N) is 1. The third-order valence-corrected chi connectivity index (χ3v) is 1.99. The van der Waals surface area contributed by atoms with Gasteiger partial charge in [0.05, 0.1) is 13.7 Å².